The van der Waals surface area contributed by atoms with Crippen molar-refractivity contribution in [3.63, 3.8) is 0 Å². The van der Waals surface area contributed by atoms with E-state index in [-0.39, 0.29) is 23.8 Å². The Morgan fingerprint density at radius 1 is 1.18 bits per heavy atom. The van der Waals surface area contributed by atoms with Crippen LogP contribution in [0.4, 0.5) is 0 Å². The smallest absolute Gasteiger partial charge is 0.290 e. The molecule has 0 aliphatic rings. The van der Waals surface area contributed by atoms with E-state index in [1.165, 1.54) is 10.6 Å². The predicted octanol–water partition coefficient (Wildman–Crippen LogP) is 3.33. The zero-order valence-corrected chi connectivity index (χ0v) is 15.7. The highest BCUT2D eigenvalue weighted by Crippen LogP contribution is 2.16. The number of carbonyl (C=O) groups excluding carboxylic acids is 1. The molecule has 0 aliphatic heterocycles. The fraction of sp³-hybridized carbons (Fsp3) is 0.182. The average Bonchev–Trinajstić information content (AvgIpc) is 3.18. The summed E-state index contributed by atoms with van der Waals surface area (Å²) < 4.78 is 12.4. The van der Waals surface area contributed by atoms with E-state index in [9.17, 15) is 9.59 Å². The summed E-state index contributed by atoms with van der Waals surface area (Å²) in [5.41, 5.74) is 0.846. The molecule has 0 saturated carbocycles. The number of hydrogen-bond acceptors (Lipinski definition) is 4. The molecular weight excluding hydrogens is 356 g/mol. The van der Waals surface area contributed by atoms with Crippen molar-refractivity contribution in [3.8, 4) is 5.75 Å². The van der Waals surface area contributed by atoms with Crippen LogP contribution >= 0.6 is 0 Å². The molecular formula is C22H22N2O4. The van der Waals surface area contributed by atoms with Gasteiger partial charge < -0.3 is 18.6 Å². The van der Waals surface area contributed by atoms with Crippen molar-refractivity contribution in [2.75, 3.05) is 13.7 Å². The van der Waals surface area contributed by atoms with Gasteiger partial charge in [0.2, 0.25) is 0 Å². The molecule has 0 radical (unpaired) electrons. The maximum Gasteiger partial charge on any atom is 0.290 e. The van der Waals surface area contributed by atoms with Gasteiger partial charge in [-0.15, -0.1) is 6.58 Å². The minimum atomic E-state index is -0.234. The molecule has 1 aromatic carbocycles. The Morgan fingerprint density at radius 2 is 1.96 bits per heavy atom. The Bertz CT molecular complexity index is 1000. The quantitative estimate of drug-likeness (QED) is 0.564. The number of furan rings is 1. The van der Waals surface area contributed by atoms with Crippen molar-refractivity contribution in [1.82, 2.24) is 9.47 Å². The SMILES string of the molecule is C=CCN(Cc1ccc(OC)cc1)C(=O)c1ccc(Cn2ccccc2=O)o1. The van der Waals surface area contributed by atoms with E-state index in [1.807, 2.05) is 24.3 Å². The van der Waals surface area contributed by atoms with Gasteiger partial charge in [-0.2, -0.15) is 0 Å². The molecule has 2 heterocycles. The third-order valence-corrected chi connectivity index (χ3v) is 4.27. The number of carbonyl (C=O) groups is 1. The van der Waals surface area contributed by atoms with Crippen molar-refractivity contribution in [3.05, 3.63) is 101 Å². The first-order chi connectivity index (χ1) is 13.6. The first-order valence-corrected chi connectivity index (χ1v) is 8.88. The third-order valence-electron chi connectivity index (χ3n) is 4.27. The molecule has 0 fully saturated rings. The van der Waals surface area contributed by atoms with Crippen molar-refractivity contribution in [1.29, 1.82) is 0 Å². The number of methoxy groups -OCH3 is 1. The van der Waals surface area contributed by atoms with Crippen molar-refractivity contribution < 1.29 is 13.9 Å². The summed E-state index contributed by atoms with van der Waals surface area (Å²) in [6, 6.07) is 15.8. The lowest BCUT2D eigenvalue weighted by Gasteiger charge is -2.20. The average molecular weight is 378 g/mol. The Hall–Kier alpha value is -3.54. The van der Waals surface area contributed by atoms with Gasteiger partial charge in [0.25, 0.3) is 11.5 Å². The van der Waals surface area contributed by atoms with Gasteiger partial charge in [0.15, 0.2) is 5.76 Å². The van der Waals surface area contributed by atoms with E-state index in [2.05, 4.69) is 6.58 Å². The fourth-order valence-corrected chi connectivity index (χ4v) is 2.82. The van der Waals surface area contributed by atoms with Gasteiger partial charge in [-0.05, 0) is 35.9 Å². The summed E-state index contributed by atoms with van der Waals surface area (Å²) in [4.78, 5) is 26.4. The molecule has 0 atom stereocenters. The largest absolute Gasteiger partial charge is 0.497 e. The van der Waals surface area contributed by atoms with E-state index in [1.54, 1.807) is 48.5 Å². The first kappa shape index (κ1) is 19.2. The molecule has 28 heavy (non-hydrogen) atoms. The van der Waals surface area contributed by atoms with Gasteiger partial charge in [-0.1, -0.05) is 24.3 Å². The number of benzene rings is 1. The number of pyridine rings is 1. The maximum atomic E-state index is 12.9. The van der Waals surface area contributed by atoms with Crippen molar-refractivity contribution in [2.24, 2.45) is 0 Å². The highest BCUT2D eigenvalue weighted by Gasteiger charge is 2.19. The molecule has 3 rings (SSSR count). The van der Waals surface area contributed by atoms with Gasteiger partial charge in [-0.3, -0.25) is 9.59 Å². The van der Waals surface area contributed by atoms with Crippen LogP contribution in [0.15, 0.2) is 82.7 Å². The molecule has 6 nitrogen and oxygen atoms in total. The third kappa shape index (κ3) is 4.59. The van der Waals surface area contributed by atoms with Crippen molar-refractivity contribution in [2.45, 2.75) is 13.1 Å². The predicted molar refractivity (Wildman–Crippen MR) is 106 cm³/mol. The summed E-state index contributed by atoms with van der Waals surface area (Å²) in [6.45, 7) is 4.81. The Labute approximate surface area is 163 Å². The molecule has 0 N–H and O–H groups in total. The summed E-state index contributed by atoms with van der Waals surface area (Å²) >= 11 is 0. The van der Waals surface area contributed by atoms with Crippen LogP contribution < -0.4 is 10.3 Å². The van der Waals surface area contributed by atoms with E-state index in [4.69, 9.17) is 9.15 Å². The molecule has 0 saturated heterocycles. The van der Waals surface area contributed by atoms with Crippen molar-refractivity contribution >= 4 is 5.91 Å². The monoisotopic (exact) mass is 378 g/mol. The number of hydrogen-bond donors (Lipinski definition) is 0. The topological polar surface area (TPSA) is 64.7 Å². The molecule has 0 unspecified atom stereocenters. The number of ether oxygens (including phenoxy) is 1. The zero-order chi connectivity index (χ0) is 19.9. The molecule has 6 heteroatoms. The van der Waals surface area contributed by atoms with Crippen LogP contribution in [0, 0.1) is 0 Å². The molecule has 2 aromatic heterocycles. The fourth-order valence-electron chi connectivity index (χ4n) is 2.82. The number of amides is 1. The summed E-state index contributed by atoms with van der Waals surface area (Å²) in [5.74, 6) is 1.30. The number of aromatic nitrogens is 1. The van der Waals surface area contributed by atoms with E-state index in [0.29, 0.717) is 18.8 Å². The number of nitrogens with zero attached hydrogens (tertiary/aromatic N) is 2. The summed E-state index contributed by atoms with van der Waals surface area (Å²) in [5, 5.41) is 0. The second kappa shape index (κ2) is 8.90. The molecule has 1 amide bonds. The standard InChI is InChI=1S/C22H22N2O4/c1-3-13-24(15-17-7-9-18(27-2)10-8-17)22(26)20-12-11-19(28-20)16-23-14-5-4-6-21(23)25/h3-12,14H,1,13,15-16H2,2H3. The molecule has 144 valence electrons. The molecule has 0 spiro atoms. The normalized spacial score (nSPS) is 10.5. The number of rotatable bonds is 8. The van der Waals surface area contributed by atoms with Crippen LogP contribution in [0.25, 0.3) is 0 Å². The Morgan fingerprint density at radius 3 is 2.64 bits per heavy atom. The molecule has 0 aliphatic carbocycles. The minimum Gasteiger partial charge on any atom is -0.497 e. The highest BCUT2D eigenvalue weighted by molar-refractivity contribution is 5.91. The van der Waals surface area contributed by atoms with Crippen LogP contribution in [-0.4, -0.2) is 29.0 Å². The Kier molecular flexibility index (Phi) is 6.11. The first-order valence-electron chi connectivity index (χ1n) is 8.88. The molecule has 3 aromatic rings. The summed E-state index contributed by atoms with van der Waals surface area (Å²) in [7, 11) is 1.61. The van der Waals surface area contributed by atoms with Crippen LogP contribution in [0.5, 0.6) is 5.75 Å². The second-order valence-electron chi connectivity index (χ2n) is 6.26. The lowest BCUT2D eigenvalue weighted by molar-refractivity contribution is 0.0728. The van der Waals surface area contributed by atoms with Crippen LogP contribution in [0.1, 0.15) is 21.9 Å². The highest BCUT2D eigenvalue weighted by atomic mass is 16.5. The lowest BCUT2D eigenvalue weighted by atomic mass is 10.2. The van der Waals surface area contributed by atoms with Crippen LogP contribution in [-0.2, 0) is 13.1 Å². The van der Waals surface area contributed by atoms with Crippen LogP contribution in [0.3, 0.4) is 0 Å². The Balaban J connectivity index is 1.74. The van der Waals surface area contributed by atoms with E-state index < -0.39 is 0 Å². The zero-order valence-electron chi connectivity index (χ0n) is 15.7. The van der Waals surface area contributed by atoms with E-state index in [0.717, 1.165) is 11.3 Å². The second-order valence-corrected chi connectivity index (χ2v) is 6.26. The van der Waals surface area contributed by atoms with E-state index >= 15 is 0 Å². The summed E-state index contributed by atoms with van der Waals surface area (Å²) in [6.07, 6.45) is 3.36. The maximum absolute atomic E-state index is 12.9. The molecule has 0 bridgehead atoms. The van der Waals surface area contributed by atoms with Gasteiger partial charge in [0.1, 0.15) is 11.5 Å². The van der Waals surface area contributed by atoms with Gasteiger partial charge >= 0.3 is 0 Å². The van der Waals surface area contributed by atoms with Gasteiger partial charge in [-0.25, -0.2) is 0 Å². The van der Waals surface area contributed by atoms with Gasteiger partial charge in [0.05, 0.1) is 13.7 Å². The minimum absolute atomic E-state index is 0.125. The lowest BCUT2D eigenvalue weighted by Crippen LogP contribution is -2.30. The van der Waals surface area contributed by atoms with Gasteiger partial charge in [0, 0.05) is 25.4 Å². The van der Waals surface area contributed by atoms with Crippen LogP contribution in [0.2, 0.25) is 0 Å².